The van der Waals surface area contributed by atoms with Crippen molar-refractivity contribution in [3.05, 3.63) is 35.4 Å². The first-order chi connectivity index (χ1) is 13.3. The van der Waals surface area contributed by atoms with E-state index in [0.717, 1.165) is 29.2 Å². The first-order valence-electron chi connectivity index (χ1n) is 11.8. The van der Waals surface area contributed by atoms with Crippen molar-refractivity contribution in [2.45, 2.75) is 96.8 Å². The Morgan fingerprint density at radius 1 is 0.778 bits per heavy atom. The van der Waals surface area contributed by atoms with Crippen LogP contribution in [-0.4, -0.2) is 0 Å². The molecule has 0 heterocycles. The zero-order valence-electron chi connectivity index (χ0n) is 17.5. The van der Waals surface area contributed by atoms with Gasteiger partial charge in [-0.3, -0.25) is 0 Å². The maximum absolute atomic E-state index is 8.91. The zero-order valence-corrected chi connectivity index (χ0v) is 17.5. The number of aryl methyl sites for hydroxylation is 1. The summed E-state index contributed by atoms with van der Waals surface area (Å²) in [6.07, 6.45) is 20.3. The van der Waals surface area contributed by atoms with Crippen LogP contribution >= 0.6 is 0 Å². The third kappa shape index (κ3) is 6.38. The van der Waals surface area contributed by atoms with Gasteiger partial charge in [-0.2, -0.15) is 5.26 Å². The van der Waals surface area contributed by atoms with Crippen LogP contribution in [0.3, 0.4) is 0 Å². The Bertz CT molecular complexity index is 565. The van der Waals surface area contributed by atoms with Crippen molar-refractivity contribution in [2.75, 3.05) is 0 Å². The summed E-state index contributed by atoms with van der Waals surface area (Å²) >= 11 is 0. The lowest BCUT2D eigenvalue weighted by atomic mass is 9.68. The third-order valence-electron chi connectivity index (χ3n) is 7.59. The van der Waals surface area contributed by atoms with Crippen LogP contribution in [0.25, 0.3) is 0 Å². The van der Waals surface area contributed by atoms with Gasteiger partial charge in [0, 0.05) is 0 Å². The molecule has 1 heteroatoms. The van der Waals surface area contributed by atoms with E-state index in [9.17, 15) is 0 Å². The molecule has 148 valence electrons. The molecule has 0 saturated heterocycles. The van der Waals surface area contributed by atoms with Crippen molar-refractivity contribution < 1.29 is 0 Å². The zero-order chi connectivity index (χ0) is 18.9. The molecule has 0 N–H and O–H groups in total. The standard InChI is InChI=1S/C26H39N/c1-2-3-4-5-21-12-16-25(17-13-21)26-18-14-23(15-19-26)7-6-22-8-10-24(20-27)11-9-22/h8-11,21,23,25-26H,2-7,12-19H2,1H3. The molecule has 0 radical (unpaired) electrons. The van der Waals surface area contributed by atoms with Gasteiger partial charge in [0.25, 0.3) is 0 Å². The second kappa shape index (κ2) is 10.9. The Hall–Kier alpha value is -1.29. The van der Waals surface area contributed by atoms with Crippen molar-refractivity contribution >= 4 is 0 Å². The van der Waals surface area contributed by atoms with Crippen molar-refractivity contribution in [3.63, 3.8) is 0 Å². The summed E-state index contributed by atoms with van der Waals surface area (Å²) < 4.78 is 0. The SMILES string of the molecule is CCCCCC1CCC(C2CCC(CCc3ccc(C#N)cc3)CC2)CC1. The van der Waals surface area contributed by atoms with Gasteiger partial charge in [-0.25, -0.2) is 0 Å². The topological polar surface area (TPSA) is 23.8 Å². The van der Waals surface area contributed by atoms with Crippen molar-refractivity contribution in [3.8, 4) is 6.07 Å². The predicted molar refractivity (Wildman–Crippen MR) is 115 cm³/mol. The number of rotatable bonds is 8. The summed E-state index contributed by atoms with van der Waals surface area (Å²) in [5, 5.41) is 8.91. The van der Waals surface area contributed by atoms with Crippen molar-refractivity contribution in [1.82, 2.24) is 0 Å². The molecular weight excluding hydrogens is 326 g/mol. The molecule has 0 atom stereocenters. The van der Waals surface area contributed by atoms with Crippen LogP contribution in [0.2, 0.25) is 0 Å². The molecule has 2 aliphatic rings. The fourth-order valence-corrected chi connectivity index (χ4v) is 5.70. The second-order valence-corrected chi connectivity index (χ2v) is 9.40. The van der Waals surface area contributed by atoms with Crippen LogP contribution in [0.5, 0.6) is 0 Å². The summed E-state index contributed by atoms with van der Waals surface area (Å²) in [5.41, 5.74) is 2.18. The molecule has 3 rings (SSSR count). The van der Waals surface area contributed by atoms with E-state index in [1.54, 1.807) is 0 Å². The molecule has 1 aromatic rings. The van der Waals surface area contributed by atoms with Crippen LogP contribution in [0.4, 0.5) is 0 Å². The largest absolute Gasteiger partial charge is 0.192 e. The highest BCUT2D eigenvalue weighted by atomic mass is 14.4. The smallest absolute Gasteiger partial charge is 0.0991 e. The average Bonchev–Trinajstić information content (AvgIpc) is 2.74. The van der Waals surface area contributed by atoms with Gasteiger partial charge in [-0.15, -0.1) is 0 Å². The summed E-state index contributed by atoms with van der Waals surface area (Å²) in [7, 11) is 0. The molecule has 0 spiro atoms. The molecule has 2 aliphatic carbocycles. The Balaban J connectivity index is 1.32. The van der Waals surface area contributed by atoms with Gasteiger partial charge in [0.2, 0.25) is 0 Å². The number of unbranched alkanes of at least 4 members (excludes halogenated alkanes) is 2. The van der Waals surface area contributed by atoms with Gasteiger partial charge in [0.1, 0.15) is 0 Å². The van der Waals surface area contributed by atoms with Gasteiger partial charge in [-0.05, 0) is 79.9 Å². The maximum Gasteiger partial charge on any atom is 0.0991 e. The highest BCUT2D eigenvalue weighted by Gasteiger charge is 2.30. The van der Waals surface area contributed by atoms with E-state index in [4.69, 9.17) is 5.26 Å². The number of hydrogen-bond acceptors (Lipinski definition) is 1. The van der Waals surface area contributed by atoms with Gasteiger partial charge in [0.15, 0.2) is 0 Å². The number of nitrogens with zero attached hydrogens (tertiary/aromatic N) is 1. The van der Waals surface area contributed by atoms with Gasteiger partial charge >= 0.3 is 0 Å². The molecule has 2 saturated carbocycles. The molecule has 27 heavy (non-hydrogen) atoms. The lowest BCUT2D eigenvalue weighted by Crippen LogP contribution is -2.26. The fourth-order valence-electron chi connectivity index (χ4n) is 5.70. The van der Waals surface area contributed by atoms with E-state index in [1.165, 1.54) is 95.5 Å². The van der Waals surface area contributed by atoms with Crippen molar-refractivity contribution in [2.24, 2.45) is 23.7 Å². The third-order valence-corrected chi connectivity index (χ3v) is 7.59. The van der Waals surface area contributed by atoms with Crippen LogP contribution in [0.15, 0.2) is 24.3 Å². The minimum Gasteiger partial charge on any atom is -0.192 e. The quantitative estimate of drug-likeness (QED) is 0.433. The predicted octanol–water partition coefficient (Wildman–Crippen LogP) is 7.68. The van der Waals surface area contributed by atoms with Crippen LogP contribution in [0.1, 0.15) is 102 Å². The molecule has 1 nitrogen and oxygen atoms in total. The maximum atomic E-state index is 8.91. The summed E-state index contributed by atoms with van der Waals surface area (Å²) in [6.45, 7) is 2.32. The first kappa shape index (κ1) is 20.4. The molecule has 0 bridgehead atoms. The molecule has 0 amide bonds. The minimum absolute atomic E-state index is 0.777. The summed E-state index contributed by atoms with van der Waals surface area (Å²) in [5.74, 6) is 4.07. The Kier molecular flexibility index (Phi) is 8.25. The lowest BCUT2D eigenvalue weighted by molar-refractivity contribution is 0.140. The van der Waals surface area contributed by atoms with E-state index in [-0.39, 0.29) is 0 Å². The summed E-state index contributed by atoms with van der Waals surface area (Å²) in [4.78, 5) is 0. The molecule has 1 aromatic carbocycles. The number of hydrogen-bond donors (Lipinski definition) is 0. The van der Waals surface area contributed by atoms with E-state index < -0.39 is 0 Å². The molecule has 0 aliphatic heterocycles. The fraction of sp³-hybridized carbons (Fsp3) is 0.731. The molecule has 0 unspecified atom stereocenters. The molecule has 0 aromatic heterocycles. The normalized spacial score (nSPS) is 28.6. The van der Waals surface area contributed by atoms with Gasteiger partial charge < -0.3 is 0 Å². The molecular formula is C26H39N. The lowest BCUT2D eigenvalue weighted by Gasteiger charge is -2.38. The minimum atomic E-state index is 0.777. The second-order valence-electron chi connectivity index (χ2n) is 9.40. The molecule has 2 fully saturated rings. The summed E-state index contributed by atoms with van der Waals surface area (Å²) in [6, 6.07) is 10.4. The highest BCUT2D eigenvalue weighted by molar-refractivity contribution is 5.31. The Morgan fingerprint density at radius 3 is 1.85 bits per heavy atom. The average molecular weight is 366 g/mol. The Labute approximate surface area is 167 Å². The van der Waals surface area contributed by atoms with Crippen LogP contribution in [0, 0.1) is 35.0 Å². The van der Waals surface area contributed by atoms with E-state index in [1.807, 2.05) is 12.1 Å². The monoisotopic (exact) mass is 365 g/mol. The van der Waals surface area contributed by atoms with Crippen LogP contribution in [-0.2, 0) is 6.42 Å². The number of nitriles is 1. The highest BCUT2D eigenvalue weighted by Crippen LogP contribution is 2.43. The van der Waals surface area contributed by atoms with E-state index in [0.29, 0.717) is 0 Å². The number of benzene rings is 1. The van der Waals surface area contributed by atoms with E-state index >= 15 is 0 Å². The first-order valence-corrected chi connectivity index (χ1v) is 11.8. The van der Waals surface area contributed by atoms with Gasteiger partial charge in [0.05, 0.1) is 11.6 Å². The van der Waals surface area contributed by atoms with E-state index in [2.05, 4.69) is 25.1 Å². The van der Waals surface area contributed by atoms with Crippen molar-refractivity contribution in [1.29, 1.82) is 5.26 Å². The Morgan fingerprint density at radius 2 is 1.33 bits per heavy atom. The van der Waals surface area contributed by atoms with Crippen LogP contribution < -0.4 is 0 Å². The van der Waals surface area contributed by atoms with Gasteiger partial charge in [-0.1, -0.05) is 70.4 Å².